The van der Waals surface area contributed by atoms with Crippen LogP contribution in [0.1, 0.15) is 19.8 Å². The molecule has 0 radical (unpaired) electrons. The van der Waals surface area contributed by atoms with Crippen LogP contribution >= 0.6 is 0 Å². The first-order valence-electron chi connectivity index (χ1n) is 5.47. The summed E-state index contributed by atoms with van der Waals surface area (Å²) in [5, 5.41) is 21.9. The Hall–Kier alpha value is -1.76. The average Bonchev–Trinajstić information content (AvgIpc) is 2.26. The Morgan fingerprint density at radius 2 is 2.00 bits per heavy atom. The number of benzene rings is 1. The molecule has 0 aliphatic rings. The van der Waals surface area contributed by atoms with Gasteiger partial charge in [-0.1, -0.05) is 0 Å². The van der Waals surface area contributed by atoms with Crippen LogP contribution in [0.25, 0.3) is 0 Å². The normalized spacial score (nSPS) is 12.2. The summed E-state index contributed by atoms with van der Waals surface area (Å²) in [6, 6.07) is 1.33. The second-order valence-corrected chi connectivity index (χ2v) is 3.96. The topological polar surface area (TPSA) is 75.4 Å². The van der Waals surface area contributed by atoms with Gasteiger partial charge in [0.1, 0.15) is 5.69 Å². The summed E-state index contributed by atoms with van der Waals surface area (Å²) in [7, 11) is 0. The molecule has 1 aromatic rings. The maximum Gasteiger partial charge on any atom is 0.275 e. The number of nitrogens with zero attached hydrogens (tertiary/aromatic N) is 1. The predicted molar refractivity (Wildman–Crippen MR) is 62.4 cm³/mol. The van der Waals surface area contributed by atoms with Gasteiger partial charge in [-0.3, -0.25) is 10.1 Å². The van der Waals surface area contributed by atoms with Crippen LogP contribution in [-0.4, -0.2) is 22.7 Å². The van der Waals surface area contributed by atoms with E-state index in [1.165, 1.54) is 0 Å². The summed E-state index contributed by atoms with van der Waals surface area (Å²) in [6.45, 7) is 1.89. The highest BCUT2D eigenvalue weighted by Crippen LogP contribution is 2.24. The third-order valence-electron chi connectivity index (χ3n) is 2.34. The number of anilines is 1. The van der Waals surface area contributed by atoms with E-state index in [0.717, 1.165) is 0 Å². The van der Waals surface area contributed by atoms with Crippen LogP contribution < -0.4 is 5.32 Å². The highest BCUT2D eigenvalue weighted by Gasteiger charge is 2.16. The lowest BCUT2D eigenvalue weighted by atomic mass is 10.2. The molecule has 100 valence electrons. The van der Waals surface area contributed by atoms with Crippen LogP contribution in [0.15, 0.2) is 12.1 Å². The van der Waals surface area contributed by atoms with Gasteiger partial charge < -0.3 is 10.4 Å². The van der Waals surface area contributed by atoms with E-state index in [4.69, 9.17) is 5.11 Å². The lowest BCUT2D eigenvalue weighted by Gasteiger charge is -2.09. The number of aliphatic hydroxyl groups excluding tert-OH is 1. The Bertz CT molecular complexity index is 415. The third kappa shape index (κ3) is 3.92. The van der Waals surface area contributed by atoms with Crippen molar-refractivity contribution in [1.29, 1.82) is 0 Å². The fourth-order valence-corrected chi connectivity index (χ4v) is 1.44. The highest BCUT2D eigenvalue weighted by atomic mass is 19.1. The Balaban J connectivity index is 2.69. The molecule has 0 amide bonds. The van der Waals surface area contributed by atoms with Gasteiger partial charge >= 0.3 is 0 Å². The fourth-order valence-electron chi connectivity index (χ4n) is 1.44. The molecule has 0 aliphatic carbocycles. The summed E-state index contributed by atoms with van der Waals surface area (Å²) < 4.78 is 26.8. The molecule has 1 aromatic carbocycles. The van der Waals surface area contributed by atoms with Crippen molar-refractivity contribution >= 4 is 11.4 Å². The van der Waals surface area contributed by atoms with E-state index < -0.39 is 28.3 Å². The summed E-state index contributed by atoms with van der Waals surface area (Å²) in [4.78, 5) is 9.52. The van der Waals surface area contributed by atoms with Crippen molar-refractivity contribution in [2.45, 2.75) is 25.9 Å². The summed E-state index contributed by atoms with van der Waals surface area (Å²) in [5.74, 6) is -2.00. The lowest BCUT2D eigenvalue weighted by Crippen LogP contribution is -2.09. The summed E-state index contributed by atoms with van der Waals surface area (Å²) in [5.41, 5.74) is -1.01. The second kappa shape index (κ2) is 6.25. The number of non-ortho nitro benzene ring substituents is 1. The van der Waals surface area contributed by atoms with Gasteiger partial charge in [-0.15, -0.1) is 0 Å². The first-order valence-corrected chi connectivity index (χ1v) is 5.47. The van der Waals surface area contributed by atoms with Gasteiger partial charge in [-0.2, -0.15) is 0 Å². The van der Waals surface area contributed by atoms with Gasteiger partial charge in [-0.25, -0.2) is 8.78 Å². The van der Waals surface area contributed by atoms with Gasteiger partial charge in [0.05, 0.1) is 23.2 Å². The quantitative estimate of drug-likeness (QED) is 0.468. The van der Waals surface area contributed by atoms with Crippen LogP contribution in [0.5, 0.6) is 0 Å². The SMILES string of the molecule is CC(O)CCCNc1c(F)cc([N+](=O)[O-])cc1F. The number of aliphatic hydroxyl groups is 1. The zero-order valence-electron chi connectivity index (χ0n) is 9.82. The highest BCUT2D eigenvalue weighted by molar-refractivity contribution is 5.51. The van der Waals surface area contributed by atoms with E-state index in [0.29, 0.717) is 25.0 Å². The van der Waals surface area contributed by atoms with Crippen molar-refractivity contribution in [3.05, 3.63) is 33.9 Å². The summed E-state index contributed by atoms with van der Waals surface area (Å²) >= 11 is 0. The van der Waals surface area contributed by atoms with Crippen LogP contribution in [0.4, 0.5) is 20.2 Å². The number of hydrogen-bond donors (Lipinski definition) is 2. The molecule has 0 fully saturated rings. The predicted octanol–water partition coefficient (Wildman–Crippen LogP) is 2.45. The third-order valence-corrected chi connectivity index (χ3v) is 2.34. The van der Waals surface area contributed by atoms with Gasteiger partial charge in [0.25, 0.3) is 5.69 Å². The van der Waals surface area contributed by atoms with Crippen molar-refractivity contribution < 1.29 is 18.8 Å². The minimum atomic E-state index is -1.00. The molecule has 7 heteroatoms. The van der Waals surface area contributed by atoms with E-state index >= 15 is 0 Å². The fraction of sp³-hybridized carbons (Fsp3) is 0.455. The molecule has 0 saturated heterocycles. The maximum atomic E-state index is 13.4. The van der Waals surface area contributed by atoms with E-state index in [1.807, 2.05) is 0 Å². The molecule has 18 heavy (non-hydrogen) atoms. The molecule has 0 heterocycles. The largest absolute Gasteiger partial charge is 0.393 e. The number of halogens is 2. The molecule has 1 atom stereocenters. The van der Waals surface area contributed by atoms with Crippen LogP contribution in [0.3, 0.4) is 0 Å². The van der Waals surface area contributed by atoms with Gasteiger partial charge in [0.2, 0.25) is 0 Å². The Morgan fingerprint density at radius 1 is 1.44 bits per heavy atom. The zero-order chi connectivity index (χ0) is 13.7. The van der Waals surface area contributed by atoms with E-state index in [-0.39, 0.29) is 12.2 Å². The van der Waals surface area contributed by atoms with Gasteiger partial charge in [0, 0.05) is 6.54 Å². The number of rotatable bonds is 6. The average molecular weight is 260 g/mol. The first kappa shape index (κ1) is 14.3. The van der Waals surface area contributed by atoms with Crippen LogP contribution in [0, 0.1) is 21.7 Å². The second-order valence-electron chi connectivity index (χ2n) is 3.96. The molecule has 1 rings (SSSR count). The number of nitro groups is 1. The summed E-state index contributed by atoms with van der Waals surface area (Å²) in [6.07, 6.45) is 0.565. The minimum absolute atomic E-state index is 0.274. The number of hydrogen-bond acceptors (Lipinski definition) is 4. The Morgan fingerprint density at radius 3 is 2.44 bits per heavy atom. The molecule has 1 unspecified atom stereocenters. The number of nitrogens with one attached hydrogen (secondary N) is 1. The smallest absolute Gasteiger partial charge is 0.275 e. The van der Waals surface area contributed by atoms with Crippen molar-refractivity contribution in [2.75, 3.05) is 11.9 Å². The zero-order valence-corrected chi connectivity index (χ0v) is 9.82. The van der Waals surface area contributed by atoms with E-state index in [1.54, 1.807) is 6.92 Å². The standard InChI is InChI=1S/C11H14F2N2O3/c1-7(16)3-2-4-14-11-9(12)5-8(15(17)18)6-10(11)13/h5-7,14,16H,2-4H2,1H3. The monoisotopic (exact) mass is 260 g/mol. The Labute approximate surface area is 103 Å². The first-order chi connectivity index (χ1) is 8.41. The molecule has 0 saturated carbocycles. The molecule has 0 aromatic heterocycles. The molecule has 0 spiro atoms. The van der Waals surface area contributed by atoms with Gasteiger partial charge in [0.15, 0.2) is 11.6 Å². The van der Waals surface area contributed by atoms with Gasteiger partial charge in [-0.05, 0) is 19.8 Å². The van der Waals surface area contributed by atoms with Crippen LogP contribution in [-0.2, 0) is 0 Å². The number of nitro benzene ring substituents is 1. The van der Waals surface area contributed by atoms with Crippen molar-refractivity contribution in [3.63, 3.8) is 0 Å². The van der Waals surface area contributed by atoms with Crippen molar-refractivity contribution in [1.82, 2.24) is 0 Å². The van der Waals surface area contributed by atoms with Crippen molar-refractivity contribution in [2.24, 2.45) is 0 Å². The molecule has 0 aliphatic heterocycles. The minimum Gasteiger partial charge on any atom is -0.393 e. The van der Waals surface area contributed by atoms with E-state index in [2.05, 4.69) is 5.32 Å². The molecular formula is C11H14F2N2O3. The molecule has 5 nitrogen and oxygen atoms in total. The van der Waals surface area contributed by atoms with Crippen molar-refractivity contribution in [3.8, 4) is 0 Å². The Kier molecular flexibility index (Phi) is 4.96. The maximum absolute atomic E-state index is 13.4. The van der Waals surface area contributed by atoms with Crippen LogP contribution in [0.2, 0.25) is 0 Å². The molecular weight excluding hydrogens is 246 g/mol. The molecule has 2 N–H and O–H groups in total. The lowest BCUT2D eigenvalue weighted by molar-refractivity contribution is -0.385. The molecule has 0 bridgehead atoms. The van der Waals surface area contributed by atoms with E-state index in [9.17, 15) is 18.9 Å².